The van der Waals surface area contributed by atoms with Crippen LogP contribution in [0.4, 0.5) is 4.39 Å². The molecule has 1 aromatic rings. The number of benzene rings is 1. The van der Waals surface area contributed by atoms with Gasteiger partial charge in [-0.15, -0.1) is 0 Å². The third kappa shape index (κ3) is 2.39. The molecule has 0 saturated carbocycles. The Morgan fingerprint density at radius 3 is 2.76 bits per heavy atom. The molecule has 1 heterocycles. The number of likely N-dealkylation sites (tertiary alicyclic amines) is 1. The van der Waals surface area contributed by atoms with Crippen molar-refractivity contribution in [2.24, 2.45) is 5.92 Å². The van der Waals surface area contributed by atoms with Crippen molar-refractivity contribution in [2.75, 3.05) is 6.54 Å². The summed E-state index contributed by atoms with van der Waals surface area (Å²) in [6.07, 6.45) is 0.393. The second-order valence-electron chi connectivity index (χ2n) is 4.24. The maximum Gasteiger partial charge on any atom is 0.261 e. The Balaban J connectivity index is 2.28. The average molecular weight is 300 g/mol. The lowest BCUT2D eigenvalue weighted by Crippen LogP contribution is -2.32. The molecular weight excluding hydrogens is 289 g/mol. The highest BCUT2D eigenvalue weighted by atomic mass is 79.9. The first-order chi connectivity index (χ1) is 7.99. The van der Waals surface area contributed by atoms with E-state index >= 15 is 0 Å². The lowest BCUT2D eigenvalue weighted by Gasteiger charge is -2.15. The summed E-state index contributed by atoms with van der Waals surface area (Å²) in [6, 6.07) is 3.82. The van der Waals surface area contributed by atoms with Crippen molar-refractivity contribution >= 4 is 27.7 Å². The van der Waals surface area contributed by atoms with Crippen LogP contribution in [0.15, 0.2) is 22.7 Å². The number of halogens is 2. The van der Waals surface area contributed by atoms with Crippen LogP contribution in [0.25, 0.3) is 0 Å². The molecular formula is C12H11BrFNO2. The Bertz CT molecular complexity index is 489. The van der Waals surface area contributed by atoms with Crippen molar-refractivity contribution in [1.29, 1.82) is 0 Å². The summed E-state index contributed by atoms with van der Waals surface area (Å²) in [5.74, 6) is -0.773. The van der Waals surface area contributed by atoms with Crippen LogP contribution in [0.3, 0.4) is 0 Å². The quantitative estimate of drug-likeness (QED) is 0.748. The van der Waals surface area contributed by atoms with Gasteiger partial charge in [0.25, 0.3) is 5.91 Å². The Morgan fingerprint density at radius 1 is 1.53 bits per heavy atom. The van der Waals surface area contributed by atoms with Crippen LogP contribution in [0.1, 0.15) is 23.7 Å². The van der Waals surface area contributed by atoms with Crippen LogP contribution >= 0.6 is 15.9 Å². The molecule has 0 radical (unpaired) electrons. The number of hydrogen-bond donors (Lipinski definition) is 0. The Labute approximate surface area is 107 Å². The van der Waals surface area contributed by atoms with Gasteiger partial charge in [0.15, 0.2) is 0 Å². The smallest absolute Gasteiger partial charge is 0.261 e. The molecule has 0 spiro atoms. The van der Waals surface area contributed by atoms with E-state index in [1.807, 2.05) is 6.92 Å². The zero-order valence-electron chi connectivity index (χ0n) is 9.24. The Hall–Kier alpha value is -1.23. The summed E-state index contributed by atoms with van der Waals surface area (Å²) >= 11 is 3.13. The summed E-state index contributed by atoms with van der Waals surface area (Å²) in [5.41, 5.74) is 0.314. The Morgan fingerprint density at radius 2 is 2.24 bits per heavy atom. The summed E-state index contributed by atoms with van der Waals surface area (Å²) in [7, 11) is 0. The molecule has 0 aromatic heterocycles. The van der Waals surface area contributed by atoms with Gasteiger partial charge in [-0.2, -0.15) is 0 Å². The van der Waals surface area contributed by atoms with Crippen LogP contribution in [-0.2, 0) is 4.79 Å². The van der Waals surface area contributed by atoms with Gasteiger partial charge < -0.3 is 0 Å². The second-order valence-corrected chi connectivity index (χ2v) is 5.10. The summed E-state index contributed by atoms with van der Waals surface area (Å²) in [6.45, 7) is 2.35. The lowest BCUT2D eigenvalue weighted by molar-refractivity contribution is -0.125. The van der Waals surface area contributed by atoms with E-state index in [4.69, 9.17) is 0 Å². The zero-order chi connectivity index (χ0) is 12.6. The van der Waals surface area contributed by atoms with E-state index in [1.165, 1.54) is 23.1 Å². The predicted octanol–water partition coefficient (Wildman–Crippen LogP) is 2.60. The maximum absolute atomic E-state index is 12.9. The maximum atomic E-state index is 12.9. The summed E-state index contributed by atoms with van der Waals surface area (Å²) < 4.78 is 13.3. The van der Waals surface area contributed by atoms with Crippen LogP contribution in [0.5, 0.6) is 0 Å². The number of carbonyl (C=O) groups excluding carboxylic acids is 2. The molecule has 1 aliphatic heterocycles. The van der Waals surface area contributed by atoms with Gasteiger partial charge in [-0.3, -0.25) is 14.5 Å². The second kappa shape index (κ2) is 4.56. The minimum Gasteiger partial charge on any atom is -0.278 e. The first-order valence-electron chi connectivity index (χ1n) is 5.29. The van der Waals surface area contributed by atoms with Crippen molar-refractivity contribution < 1.29 is 14.0 Å². The molecule has 1 atom stereocenters. The SMILES string of the molecule is CC1CC(=O)N(C(=O)c2ccc(F)cc2Br)C1. The van der Waals surface area contributed by atoms with E-state index in [1.54, 1.807) is 0 Å². The molecule has 1 fully saturated rings. The van der Waals surface area contributed by atoms with Crippen molar-refractivity contribution in [3.8, 4) is 0 Å². The van der Waals surface area contributed by atoms with Gasteiger partial charge in [0.05, 0.1) is 5.56 Å². The highest BCUT2D eigenvalue weighted by Gasteiger charge is 2.32. The number of rotatable bonds is 1. The van der Waals surface area contributed by atoms with Gasteiger partial charge in [0.1, 0.15) is 5.82 Å². The molecule has 2 rings (SSSR count). The Kier molecular flexibility index (Phi) is 3.28. The highest BCUT2D eigenvalue weighted by Crippen LogP contribution is 2.24. The minimum absolute atomic E-state index is 0.168. The first-order valence-corrected chi connectivity index (χ1v) is 6.08. The number of imide groups is 1. The van der Waals surface area contributed by atoms with Crippen LogP contribution in [-0.4, -0.2) is 23.3 Å². The van der Waals surface area contributed by atoms with Crippen LogP contribution < -0.4 is 0 Å². The standard InChI is InChI=1S/C12H11BrFNO2/c1-7-4-11(16)15(6-7)12(17)9-3-2-8(14)5-10(9)13/h2-3,5,7H,4,6H2,1H3. The lowest BCUT2D eigenvalue weighted by atomic mass is 10.1. The summed E-state index contributed by atoms with van der Waals surface area (Å²) in [5, 5.41) is 0. The summed E-state index contributed by atoms with van der Waals surface area (Å²) in [4.78, 5) is 24.9. The van der Waals surface area contributed by atoms with Crippen LogP contribution in [0.2, 0.25) is 0 Å². The molecule has 90 valence electrons. The fourth-order valence-corrected chi connectivity index (χ4v) is 2.41. The van der Waals surface area contributed by atoms with E-state index in [0.29, 0.717) is 23.0 Å². The molecule has 2 amide bonds. The highest BCUT2D eigenvalue weighted by molar-refractivity contribution is 9.10. The van der Waals surface area contributed by atoms with E-state index in [-0.39, 0.29) is 17.7 Å². The van der Waals surface area contributed by atoms with Crippen molar-refractivity contribution in [3.05, 3.63) is 34.1 Å². The monoisotopic (exact) mass is 299 g/mol. The minimum atomic E-state index is -0.422. The van der Waals surface area contributed by atoms with Gasteiger partial charge in [-0.25, -0.2) is 4.39 Å². The molecule has 3 nitrogen and oxygen atoms in total. The van der Waals surface area contributed by atoms with Crippen molar-refractivity contribution in [3.63, 3.8) is 0 Å². The molecule has 0 N–H and O–H groups in total. The number of nitrogens with zero attached hydrogens (tertiary/aromatic N) is 1. The van der Waals surface area contributed by atoms with E-state index in [0.717, 1.165) is 0 Å². The molecule has 1 aliphatic rings. The molecule has 17 heavy (non-hydrogen) atoms. The zero-order valence-corrected chi connectivity index (χ0v) is 10.8. The van der Waals surface area contributed by atoms with Gasteiger partial charge in [0.2, 0.25) is 5.91 Å². The largest absolute Gasteiger partial charge is 0.278 e. The average Bonchev–Trinajstić information content (AvgIpc) is 2.57. The van der Waals surface area contributed by atoms with Gasteiger partial charge in [-0.1, -0.05) is 6.92 Å². The molecule has 1 saturated heterocycles. The van der Waals surface area contributed by atoms with Crippen molar-refractivity contribution in [2.45, 2.75) is 13.3 Å². The first kappa shape index (κ1) is 12.2. The fourth-order valence-electron chi connectivity index (χ4n) is 1.89. The van der Waals surface area contributed by atoms with Gasteiger partial charge in [-0.05, 0) is 40.0 Å². The number of carbonyl (C=O) groups is 2. The predicted molar refractivity (Wildman–Crippen MR) is 63.9 cm³/mol. The van der Waals surface area contributed by atoms with E-state index < -0.39 is 5.82 Å². The molecule has 0 bridgehead atoms. The number of hydrogen-bond acceptors (Lipinski definition) is 2. The van der Waals surface area contributed by atoms with Crippen molar-refractivity contribution in [1.82, 2.24) is 4.90 Å². The molecule has 0 aliphatic carbocycles. The molecule has 1 unspecified atom stereocenters. The normalized spacial score (nSPS) is 19.8. The van der Waals surface area contributed by atoms with Gasteiger partial charge in [0, 0.05) is 17.4 Å². The third-order valence-electron chi connectivity index (χ3n) is 2.73. The van der Waals surface area contributed by atoms with E-state index in [2.05, 4.69) is 15.9 Å². The number of amides is 2. The topological polar surface area (TPSA) is 37.4 Å². The van der Waals surface area contributed by atoms with Crippen LogP contribution in [0, 0.1) is 11.7 Å². The van der Waals surface area contributed by atoms with E-state index in [9.17, 15) is 14.0 Å². The van der Waals surface area contributed by atoms with Gasteiger partial charge >= 0.3 is 0 Å². The molecule has 1 aromatic carbocycles. The fraction of sp³-hybridized carbons (Fsp3) is 0.333. The molecule has 5 heteroatoms. The third-order valence-corrected chi connectivity index (χ3v) is 3.38.